The van der Waals surface area contributed by atoms with Gasteiger partial charge in [-0.25, -0.2) is 0 Å². The molecule has 0 saturated heterocycles. The number of methoxy groups -OCH3 is 1. The normalized spacial score (nSPS) is 16.4. The minimum absolute atomic E-state index is 0.116. The lowest BCUT2D eigenvalue weighted by atomic mass is 9.84. The van der Waals surface area contributed by atoms with E-state index >= 15 is 0 Å². The molecule has 1 N–H and O–H groups in total. The summed E-state index contributed by atoms with van der Waals surface area (Å²) in [6.07, 6.45) is 2.75. The van der Waals surface area contributed by atoms with Crippen molar-refractivity contribution in [2.75, 3.05) is 13.7 Å². The molecule has 0 fully saturated rings. The fourth-order valence-corrected chi connectivity index (χ4v) is 3.62. The maximum absolute atomic E-state index is 12.5. The Hall–Kier alpha value is -2.29. The Bertz CT molecular complexity index is 734. The van der Waals surface area contributed by atoms with Gasteiger partial charge in [0.2, 0.25) is 5.91 Å². The molecule has 0 aromatic heterocycles. The molecule has 3 heteroatoms. The first-order chi connectivity index (χ1) is 12.0. The second-order valence-corrected chi connectivity index (χ2v) is 7.53. The summed E-state index contributed by atoms with van der Waals surface area (Å²) in [5.41, 5.74) is 3.83. The summed E-state index contributed by atoms with van der Waals surface area (Å²) in [7, 11) is 1.67. The highest BCUT2D eigenvalue weighted by Gasteiger charge is 2.26. The van der Waals surface area contributed by atoms with Gasteiger partial charge in [-0.3, -0.25) is 4.79 Å². The van der Waals surface area contributed by atoms with E-state index in [1.54, 1.807) is 7.11 Å². The van der Waals surface area contributed by atoms with E-state index < -0.39 is 0 Å². The van der Waals surface area contributed by atoms with Gasteiger partial charge in [-0.15, -0.1) is 0 Å². The first kappa shape index (κ1) is 17.5. The van der Waals surface area contributed by atoms with Gasteiger partial charge in [0.1, 0.15) is 5.75 Å². The quantitative estimate of drug-likeness (QED) is 0.857. The predicted molar refractivity (Wildman–Crippen MR) is 101 cm³/mol. The highest BCUT2D eigenvalue weighted by molar-refractivity contribution is 5.77. The van der Waals surface area contributed by atoms with Gasteiger partial charge in [0.25, 0.3) is 0 Å². The Morgan fingerprint density at radius 3 is 2.60 bits per heavy atom. The Morgan fingerprint density at radius 1 is 1.16 bits per heavy atom. The highest BCUT2D eigenvalue weighted by Crippen LogP contribution is 2.35. The van der Waals surface area contributed by atoms with E-state index in [-0.39, 0.29) is 11.3 Å². The Labute approximate surface area is 150 Å². The zero-order valence-electron chi connectivity index (χ0n) is 15.3. The maximum Gasteiger partial charge on any atom is 0.220 e. The average molecular weight is 337 g/mol. The van der Waals surface area contributed by atoms with Crippen molar-refractivity contribution in [1.82, 2.24) is 5.32 Å². The molecule has 1 atom stereocenters. The molecule has 0 saturated carbocycles. The van der Waals surface area contributed by atoms with Crippen LogP contribution in [0.3, 0.4) is 0 Å². The molecule has 1 aliphatic rings. The highest BCUT2D eigenvalue weighted by atomic mass is 16.5. The van der Waals surface area contributed by atoms with Gasteiger partial charge in [0, 0.05) is 18.4 Å². The first-order valence-electron chi connectivity index (χ1n) is 8.98. The molecule has 1 unspecified atom stereocenters. The van der Waals surface area contributed by atoms with Crippen LogP contribution in [0.5, 0.6) is 5.75 Å². The Morgan fingerprint density at radius 2 is 1.88 bits per heavy atom. The van der Waals surface area contributed by atoms with Gasteiger partial charge in [0.05, 0.1) is 7.11 Å². The first-order valence-corrected chi connectivity index (χ1v) is 8.98. The van der Waals surface area contributed by atoms with Crippen LogP contribution in [0.2, 0.25) is 0 Å². The van der Waals surface area contributed by atoms with E-state index in [0.717, 1.165) is 18.6 Å². The molecule has 2 aromatic carbocycles. The number of fused-ring (bicyclic) bond motifs is 1. The number of amides is 1. The number of hydrogen-bond acceptors (Lipinski definition) is 2. The topological polar surface area (TPSA) is 38.3 Å². The van der Waals surface area contributed by atoms with Crippen LogP contribution < -0.4 is 10.1 Å². The molecule has 1 amide bonds. The Balaban J connectivity index is 1.56. The molecule has 0 bridgehead atoms. The summed E-state index contributed by atoms with van der Waals surface area (Å²) >= 11 is 0. The lowest BCUT2D eigenvalue weighted by molar-refractivity contribution is -0.121. The number of aryl methyl sites for hydroxylation is 1. The SMILES string of the molecule is COc1ccc(C(C)(C)CNC(=O)CC2CCc3ccccc32)cc1. The van der Waals surface area contributed by atoms with Gasteiger partial charge in [-0.2, -0.15) is 0 Å². The number of nitrogens with one attached hydrogen (secondary N) is 1. The fourth-order valence-electron chi connectivity index (χ4n) is 3.62. The molecule has 1 aliphatic carbocycles. The van der Waals surface area contributed by atoms with E-state index in [0.29, 0.717) is 18.9 Å². The van der Waals surface area contributed by atoms with Gasteiger partial charge in [0.15, 0.2) is 0 Å². The van der Waals surface area contributed by atoms with Crippen molar-refractivity contribution in [3.63, 3.8) is 0 Å². The van der Waals surface area contributed by atoms with E-state index in [1.807, 2.05) is 12.1 Å². The van der Waals surface area contributed by atoms with E-state index in [2.05, 4.69) is 55.6 Å². The summed E-state index contributed by atoms with van der Waals surface area (Å²) in [6, 6.07) is 16.6. The second-order valence-electron chi connectivity index (χ2n) is 7.53. The van der Waals surface area contributed by atoms with Crippen LogP contribution in [0.15, 0.2) is 48.5 Å². The standard InChI is InChI=1S/C22H27NO2/c1-22(2,18-10-12-19(25-3)13-11-18)15-23-21(24)14-17-9-8-16-6-4-5-7-20(16)17/h4-7,10-13,17H,8-9,14-15H2,1-3H3,(H,23,24). The molecule has 3 rings (SSSR count). The van der Waals surface area contributed by atoms with Crippen molar-refractivity contribution in [2.45, 2.75) is 44.4 Å². The van der Waals surface area contributed by atoms with Crippen molar-refractivity contribution in [3.8, 4) is 5.75 Å². The van der Waals surface area contributed by atoms with Crippen LogP contribution in [0.25, 0.3) is 0 Å². The lowest BCUT2D eigenvalue weighted by Crippen LogP contribution is -2.37. The van der Waals surface area contributed by atoms with Crippen molar-refractivity contribution in [1.29, 1.82) is 0 Å². The van der Waals surface area contributed by atoms with E-state index in [9.17, 15) is 4.79 Å². The third-order valence-corrected chi connectivity index (χ3v) is 5.29. The largest absolute Gasteiger partial charge is 0.497 e. The smallest absolute Gasteiger partial charge is 0.220 e. The van der Waals surface area contributed by atoms with Crippen LogP contribution in [-0.2, 0) is 16.6 Å². The van der Waals surface area contributed by atoms with Crippen molar-refractivity contribution >= 4 is 5.91 Å². The number of hydrogen-bond donors (Lipinski definition) is 1. The van der Waals surface area contributed by atoms with Gasteiger partial charge >= 0.3 is 0 Å². The zero-order chi connectivity index (χ0) is 17.9. The number of ether oxygens (including phenoxy) is 1. The number of rotatable bonds is 6. The van der Waals surface area contributed by atoms with Crippen LogP contribution >= 0.6 is 0 Å². The molecular formula is C22H27NO2. The van der Waals surface area contributed by atoms with Gasteiger partial charge in [-0.1, -0.05) is 50.2 Å². The summed E-state index contributed by atoms with van der Waals surface area (Å²) in [6.45, 7) is 4.94. The lowest BCUT2D eigenvalue weighted by Gasteiger charge is -2.26. The number of carbonyl (C=O) groups is 1. The molecule has 2 aromatic rings. The molecular weight excluding hydrogens is 310 g/mol. The summed E-state index contributed by atoms with van der Waals surface area (Å²) in [4.78, 5) is 12.5. The average Bonchev–Trinajstić information content (AvgIpc) is 3.03. The molecule has 0 aliphatic heterocycles. The van der Waals surface area contributed by atoms with Crippen molar-refractivity contribution < 1.29 is 9.53 Å². The molecule has 0 spiro atoms. The molecule has 0 heterocycles. The number of carbonyl (C=O) groups excluding carboxylic acids is 1. The third-order valence-electron chi connectivity index (χ3n) is 5.29. The Kier molecular flexibility index (Phi) is 5.12. The van der Waals surface area contributed by atoms with Crippen molar-refractivity contribution in [2.24, 2.45) is 0 Å². The van der Waals surface area contributed by atoms with Crippen LogP contribution in [0, 0.1) is 0 Å². The zero-order valence-corrected chi connectivity index (χ0v) is 15.3. The van der Waals surface area contributed by atoms with Crippen LogP contribution in [-0.4, -0.2) is 19.6 Å². The molecule has 3 nitrogen and oxygen atoms in total. The van der Waals surface area contributed by atoms with E-state index in [4.69, 9.17) is 4.74 Å². The number of benzene rings is 2. The minimum atomic E-state index is -0.116. The fraction of sp³-hybridized carbons (Fsp3) is 0.409. The monoisotopic (exact) mass is 337 g/mol. The van der Waals surface area contributed by atoms with E-state index in [1.165, 1.54) is 16.7 Å². The maximum atomic E-state index is 12.5. The predicted octanol–water partition coefficient (Wildman–Crippen LogP) is 4.21. The van der Waals surface area contributed by atoms with Gasteiger partial charge < -0.3 is 10.1 Å². The van der Waals surface area contributed by atoms with Gasteiger partial charge in [-0.05, 0) is 47.6 Å². The van der Waals surface area contributed by atoms with Crippen LogP contribution in [0.4, 0.5) is 0 Å². The summed E-state index contributed by atoms with van der Waals surface area (Å²) < 4.78 is 5.21. The minimum Gasteiger partial charge on any atom is -0.497 e. The van der Waals surface area contributed by atoms with Crippen molar-refractivity contribution in [3.05, 3.63) is 65.2 Å². The molecule has 0 radical (unpaired) electrons. The van der Waals surface area contributed by atoms with Crippen LogP contribution in [0.1, 0.15) is 49.3 Å². The molecule has 132 valence electrons. The third kappa shape index (κ3) is 4.04. The summed E-state index contributed by atoms with van der Waals surface area (Å²) in [5.74, 6) is 1.35. The second kappa shape index (κ2) is 7.30. The molecule has 25 heavy (non-hydrogen) atoms. The summed E-state index contributed by atoms with van der Waals surface area (Å²) in [5, 5.41) is 3.14.